The Bertz CT molecular complexity index is 1010. The molecule has 0 spiro atoms. The van der Waals surface area contributed by atoms with E-state index in [0.717, 1.165) is 41.0 Å². The Hall–Kier alpha value is -2.72. The van der Waals surface area contributed by atoms with Crippen LogP contribution in [0.15, 0.2) is 17.5 Å². The first kappa shape index (κ1) is 24.9. The monoisotopic (exact) mass is 492 g/mol. The van der Waals surface area contributed by atoms with Crippen LogP contribution in [0.5, 0.6) is 0 Å². The van der Waals surface area contributed by atoms with E-state index in [4.69, 9.17) is 9.47 Å². The van der Waals surface area contributed by atoms with Gasteiger partial charge in [-0.1, -0.05) is 6.07 Å². The lowest BCUT2D eigenvalue weighted by Gasteiger charge is -2.18. The molecule has 0 aromatic carbocycles. The van der Waals surface area contributed by atoms with E-state index >= 15 is 0 Å². The van der Waals surface area contributed by atoms with Gasteiger partial charge in [-0.15, -0.1) is 22.7 Å². The van der Waals surface area contributed by atoms with Crippen LogP contribution in [-0.2, 0) is 36.7 Å². The average molecular weight is 493 g/mol. The quantitative estimate of drug-likeness (QED) is 0.512. The van der Waals surface area contributed by atoms with Crippen molar-refractivity contribution in [2.24, 2.45) is 0 Å². The summed E-state index contributed by atoms with van der Waals surface area (Å²) in [5.41, 5.74) is 1.35. The van der Waals surface area contributed by atoms with Crippen LogP contribution in [0.3, 0.4) is 0 Å². The van der Waals surface area contributed by atoms with E-state index < -0.39 is 30.0 Å². The third-order valence-electron chi connectivity index (χ3n) is 5.20. The van der Waals surface area contributed by atoms with Crippen molar-refractivity contribution in [3.05, 3.63) is 38.4 Å². The second-order valence-electron chi connectivity index (χ2n) is 7.73. The van der Waals surface area contributed by atoms with E-state index in [0.29, 0.717) is 10.6 Å². The number of fused-ring (bicyclic) bond motifs is 1. The SMILES string of the molecule is CCOC(=O)c1c(NC(=O)C(C)OC(=O)CC(NC(C)=O)c2cccs2)sc2c1CCCC2. The number of anilines is 1. The lowest BCUT2D eigenvalue weighted by molar-refractivity contribution is -0.153. The molecule has 2 unspecified atom stereocenters. The van der Waals surface area contributed by atoms with Gasteiger partial charge in [-0.05, 0) is 56.5 Å². The molecule has 2 heterocycles. The van der Waals surface area contributed by atoms with Gasteiger partial charge in [-0.25, -0.2) is 4.79 Å². The zero-order chi connectivity index (χ0) is 24.0. The largest absolute Gasteiger partial charge is 0.462 e. The molecule has 2 amide bonds. The van der Waals surface area contributed by atoms with Crippen LogP contribution in [0.2, 0.25) is 0 Å². The second-order valence-corrected chi connectivity index (χ2v) is 9.81. The first-order chi connectivity index (χ1) is 15.8. The van der Waals surface area contributed by atoms with Crippen molar-refractivity contribution in [3.63, 3.8) is 0 Å². The summed E-state index contributed by atoms with van der Waals surface area (Å²) in [5.74, 6) is -1.85. The molecule has 1 aliphatic rings. The molecule has 3 rings (SSSR count). The van der Waals surface area contributed by atoms with Crippen molar-refractivity contribution in [2.75, 3.05) is 11.9 Å². The van der Waals surface area contributed by atoms with Crippen LogP contribution < -0.4 is 10.6 Å². The topological polar surface area (TPSA) is 111 Å². The first-order valence-corrected chi connectivity index (χ1v) is 12.6. The summed E-state index contributed by atoms with van der Waals surface area (Å²) in [4.78, 5) is 51.3. The lowest BCUT2D eigenvalue weighted by atomic mass is 9.95. The summed E-state index contributed by atoms with van der Waals surface area (Å²) in [6.45, 7) is 4.83. The zero-order valence-electron chi connectivity index (χ0n) is 18.9. The van der Waals surface area contributed by atoms with Gasteiger partial charge in [0.05, 0.1) is 24.6 Å². The van der Waals surface area contributed by atoms with Crippen molar-refractivity contribution in [1.29, 1.82) is 0 Å². The predicted octanol–water partition coefficient (Wildman–Crippen LogP) is 4.00. The zero-order valence-corrected chi connectivity index (χ0v) is 20.5. The Morgan fingerprint density at radius 2 is 1.94 bits per heavy atom. The molecule has 2 N–H and O–H groups in total. The molecule has 8 nitrogen and oxygen atoms in total. The number of nitrogens with one attached hydrogen (secondary N) is 2. The van der Waals surface area contributed by atoms with Crippen LogP contribution in [0.25, 0.3) is 0 Å². The number of hydrogen-bond acceptors (Lipinski definition) is 8. The number of carbonyl (C=O) groups is 4. The number of ether oxygens (including phenoxy) is 2. The predicted molar refractivity (Wildman–Crippen MR) is 127 cm³/mol. The van der Waals surface area contributed by atoms with Gasteiger partial charge >= 0.3 is 11.9 Å². The van der Waals surface area contributed by atoms with Crippen molar-refractivity contribution in [1.82, 2.24) is 5.32 Å². The van der Waals surface area contributed by atoms with Gasteiger partial charge in [-0.3, -0.25) is 14.4 Å². The Kier molecular flexibility index (Phi) is 8.62. The molecule has 0 fully saturated rings. The van der Waals surface area contributed by atoms with Gasteiger partial charge in [-0.2, -0.15) is 0 Å². The number of aryl methyl sites for hydroxylation is 1. The number of amides is 2. The summed E-state index contributed by atoms with van der Waals surface area (Å²) in [6.07, 6.45) is 2.48. The van der Waals surface area contributed by atoms with Gasteiger partial charge in [0.1, 0.15) is 5.00 Å². The standard InChI is InChI=1S/C23H28N2O6S2/c1-4-30-23(29)20-15-8-5-6-9-17(15)33-22(20)25-21(28)13(2)31-19(27)12-16(24-14(3)26)18-10-7-11-32-18/h7,10-11,13,16H,4-6,8-9,12H2,1-3H3,(H,24,26)(H,25,28). The average Bonchev–Trinajstić information content (AvgIpc) is 3.41. The summed E-state index contributed by atoms with van der Waals surface area (Å²) >= 11 is 2.80. The van der Waals surface area contributed by atoms with E-state index in [1.54, 1.807) is 6.92 Å². The third kappa shape index (κ3) is 6.42. The fraction of sp³-hybridized carbons (Fsp3) is 0.478. The molecule has 33 heavy (non-hydrogen) atoms. The molecule has 0 saturated carbocycles. The normalized spacial score (nSPS) is 14.5. The Labute approximate surface area is 200 Å². The van der Waals surface area contributed by atoms with Crippen molar-refractivity contribution < 1.29 is 28.7 Å². The van der Waals surface area contributed by atoms with E-state index in [1.165, 1.54) is 36.5 Å². The molecule has 0 saturated heterocycles. The van der Waals surface area contributed by atoms with Crippen LogP contribution in [0.1, 0.15) is 71.8 Å². The number of carbonyl (C=O) groups excluding carboxylic acids is 4. The number of esters is 2. The molecule has 0 radical (unpaired) electrons. The van der Waals surface area contributed by atoms with Crippen molar-refractivity contribution in [2.45, 2.75) is 65.0 Å². The Morgan fingerprint density at radius 1 is 1.18 bits per heavy atom. The van der Waals surface area contributed by atoms with E-state index in [2.05, 4.69) is 10.6 Å². The Morgan fingerprint density at radius 3 is 2.61 bits per heavy atom. The molecular weight excluding hydrogens is 464 g/mol. The second kappa shape index (κ2) is 11.4. The molecule has 2 atom stereocenters. The highest BCUT2D eigenvalue weighted by molar-refractivity contribution is 7.17. The fourth-order valence-electron chi connectivity index (χ4n) is 3.71. The number of hydrogen-bond donors (Lipinski definition) is 2. The molecular formula is C23H28N2O6S2. The van der Waals surface area contributed by atoms with Crippen LogP contribution >= 0.6 is 22.7 Å². The molecule has 2 aromatic rings. The summed E-state index contributed by atoms with van der Waals surface area (Å²) < 4.78 is 10.5. The van der Waals surface area contributed by atoms with Gasteiger partial charge in [0.25, 0.3) is 5.91 Å². The third-order valence-corrected chi connectivity index (χ3v) is 7.39. The van der Waals surface area contributed by atoms with Gasteiger partial charge in [0, 0.05) is 16.7 Å². The maximum Gasteiger partial charge on any atom is 0.341 e. The maximum atomic E-state index is 12.8. The van der Waals surface area contributed by atoms with Crippen molar-refractivity contribution >= 4 is 51.4 Å². The smallest absolute Gasteiger partial charge is 0.341 e. The molecule has 2 aromatic heterocycles. The minimum atomic E-state index is -1.08. The maximum absolute atomic E-state index is 12.8. The lowest BCUT2D eigenvalue weighted by Crippen LogP contribution is -2.33. The fourth-order valence-corrected chi connectivity index (χ4v) is 5.77. The van der Waals surface area contributed by atoms with Crippen LogP contribution in [-0.4, -0.2) is 36.5 Å². The number of rotatable bonds is 9. The highest BCUT2D eigenvalue weighted by atomic mass is 32.1. The molecule has 10 heteroatoms. The van der Waals surface area contributed by atoms with E-state index in [1.807, 2.05) is 17.5 Å². The first-order valence-electron chi connectivity index (χ1n) is 10.9. The highest BCUT2D eigenvalue weighted by Crippen LogP contribution is 2.38. The minimum absolute atomic E-state index is 0.0981. The van der Waals surface area contributed by atoms with Gasteiger partial charge in [0.15, 0.2) is 6.10 Å². The number of thiophene rings is 2. The van der Waals surface area contributed by atoms with Gasteiger partial charge in [0.2, 0.25) is 5.91 Å². The molecule has 0 aliphatic heterocycles. The summed E-state index contributed by atoms with van der Waals surface area (Å²) in [7, 11) is 0. The van der Waals surface area contributed by atoms with Crippen LogP contribution in [0, 0.1) is 0 Å². The van der Waals surface area contributed by atoms with Gasteiger partial charge < -0.3 is 20.1 Å². The van der Waals surface area contributed by atoms with E-state index in [-0.39, 0.29) is 18.9 Å². The van der Waals surface area contributed by atoms with E-state index in [9.17, 15) is 19.2 Å². The van der Waals surface area contributed by atoms with Crippen LogP contribution in [0.4, 0.5) is 5.00 Å². The highest BCUT2D eigenvalue weighted by Gasteiger charge is 2.29. The Balaban J connectivity index is 1.67. The summed E-state index contributed by atoms with van der Waals surface area (Å²) in [5, 5.41) is 7.78. The molecule has 1 aliphatic carbocycles. The molecule has 178 valence electrons. The van der Waals surface area contributed by atoms with Crippen molar-refractivity contribution in [3.8, 4) is 0 Å². The minimum Gasteiger partial charge on any atom is -0.462 e. The summed E-state index contributed by atoms with van der Waals surface area (Å²) in [6, 6.07) is 3.13. The molecule has 0 bridgehead atoms.